The Labute approximate surface area is 182 Å². The molecule has 1 aliphatic rings. The van der Waals surface area contributed by atoms with Crippen LogP contribution < -0.4 is 11.1 Å². The first-order chi connectivity index (χ1) is 13.9. The molecule has 3 atom stereocenters. The van der Waals surface area contributed by atoms with Gasteiger partial charge in [0.15, 0.2) is 9.84 Å². The molecule has 0 aromatic heterocycles. The highest BCUT2D eigenvalue weighted by Crippen LogP contribution is 2.57. The number of hydrogen-bond donors (Lipinski definition) is 2. The number of hydrogen-bond acceptors (Lipinski definition) is 5. The molecule has 0 aliphatic heterocycles. The lowest BCUT2D eigenvalue weighted by Crippen LogP contribution is -2.49. The van der Waals surface area contributed by atoms with Crippen LogP contribution >= 0.6 is 11.6 Å². The molecule has 1 aliphatic carbocycles. The summed E-state index contributed by atoms with van der Waals surface area (Å²) in [6, 6.07) is 13.6. The van der Waals surface area contributed by atoms with E-state index >= 15 is 0 Å². The van der Waals surface area contributed by atoms with E-state index in [0.717, 1.165) is 11.1 Å². The average molecular weight is 451 g/mol. The van der Waals surface area contributed by atoms with Crippen LogP contribution in [0.4, 0.5) is 4.79 Å². The van der Waals surface area contributed by atoms with E-state index in [4.69, 9.17) is 22.1 Å². The molecule has 0 bridgehead atoms. The maximum atomic E-state index is 13.5. The van der Waals surface area contributed by atoms with E-state index in [1.165, 1.54) is 24.3 Å². The lowest BCUT2D eigenvalue weighted by atomic mass is 10.0. The Kier molecular flexibility index (Phi) is 5.93. The van der Waals surface area contributed by atoms with Crippen LogP contribution in [-0.2, 0) is 14.6 Å². The SMILES string of the molecule is Cc1ccc([C@@H]2[C@H](S(=O)(=O)c3ccc(Cl)cc3)[C@@]2(CN)NC(=O)OC(C)(C)C)cc1. The second-order valence-electron chi connectivity index (χ2n) is 8.68. The highest BCUT2D eigenvalue weighted by Gasteiger charge is 2.71. The largest absolute Gasteiger partial charge is 0.444 e. The standard InChI is InChI=1S/C22H27ClN2O4S/c1-14-5-7-15(8-6-14)18-19(30(27,28)17-11-9-16(23)10-12-17)22(18,13-24)25-20(26)29-21(2,3)4/h5-12,18-19H,13,24H2,1-4H3,(H,25,26)/t18-,19+,22+/m1/s1. The van der Waals surface area contributed by atoms with Crippen LogP contribution in [0.2, 0.25) is 5.02 Å². The first-order valence-electron chi connectivity index (χ1n) is 9.68. The number of carbonyl (C=O) groups excluding carboxylic acids is 1. The van der Waals surface area contributed by atoms with E-state index in [2.05, 4.69) is 5.32 Å². The summed E-state index contributed by atoms with van der Waals surface area (Å²) in [6.07, 6.45) is -0.695. The maximum absolute atomic E-state index is 13.5. The number of amides is 1. The number of halogens is 1. The average Bonchev–Trinajstić information content (AvgIpc) is 3.30. The fourth-order valence-electron chi connectivity index (χ4n) is 3.81. The third kappa shape index (κ3) is 4.33. The van der Waals surface area contributed by atoms with Crippen LogP contribution in [0.5, 0.6) is 0 Å². The van der Waals surface area contributed by atoms with Crippen LogP contribution in [-0.4, -0.2) is 37.4 Å². The Morgan fingerprint density at radius 1 is 1.13 bits per heavy atom. The van der Waals surface area contributed by atoms with Crippen LogP contribution in [0.15, 0.2) is 53.4 Å². The highest BCUT2D eigenvalue weighted by molar-refractivity contribution is 7.92. The third-order valence-electron chi connectivity index (χ3n) is 5.24. The first-order valence-corrected chi connectivity index (χ1v) is 11.6. The van der Waals surface area contributed by atoms with Crippen LogP contribution in [0.1, 0.15) is 37.8 Å². The zero-order valence-corrected chi connectivity index (χ0v) is 19.0. The number of nitrogens with two attached hydrogens (primary N) is 1. The molecule has 8 heteroatoms. The molecule has 1 fully saturated rings. The second-order valence-corrected chi connectivity index (χ2v) is 11.2. The molecule has 2 aromatic carbocycles. The summed E-state index contributed by atoms with van der Waals surface area (Å²) >= 11 is 5.92. The van der Waals surface area contributed by atoms with Gasteiger partial charge in [-0.15, -0.1) is 0 Å². The summed E-state index contributed by atoms with van der Waals surface area (Å²) in [7, 11) is -3.81. The Hall–Kier alpha value is -2.09. The molecule has 0 heterocycles. The summed E-state index contributed by atoms with van der Waals surface area (Å²) in [4.78, 5) is 12.7. The fourth-order valence-corrected chi connectivity index (χ4v) is 6.28. The molecule has 6 nitrogen and oxygen atoms in total. The molecule has 3 rings (SSSR count). The van der Waals surface area contributed by atoms with Gasteiger partial charge >= 0.3 is 6.09 Å². The first kappa shape index (κ1) is 22.6. The lowest BCUT2D eigenvalue weighted by molar-refractivity contribution is 0.0497. The Morgan fingerprint density at radius 2 is 1.70 bits per heavy atom. The summed E-state index contributed by atoms with van der Waals surface area (Å²) in [5.41, 5.74) is 6.02. The summed E-state index contributed by atoms with van der Waals surface area (Å²) < 4.78 is 32.4. The van der Waals surface area contributed by atoms with Crippen molar-refractivity contribution < 1.29 is 17.9 Å². The molecule has 1 saturated carbocycles. The van der Waals surface area contributed by atoms with E-state index < -0.39 is 38.2 Å². The van der Waals surface area contributed by atoms with Crippen molar-refractivity contribution in [3.8, 4) is 0 Å². The molecular formula is C22H27ClN2O4S. The number of carbonyl (C=O) groups is 1. The Balaban J connectivity index is 2.03. The van der Waals surface area contributed by atoms with Crippen molar-refractivity contribution in [3.05, 3.63) is 64.7 Å². The monoisotopic (exact) mass is 450 g/mol. The summed E-state index contributed by atoms with van der Waals surface area (Å²) in [5, 5.41) is 2.30. The maximum Gasteiger partial charge on any atom is 0.408 e. The number of rotatable bonds is 5. The third-order valence-corrected chi connectivity index (χ3v) is 7.78. The molecule has 0 saturated heterocycles. The number of sulfone groups is 1. The highest BCUT2D eigenvalue weighted by atomic mass is 35.5. The van der Waals surface area contributed by atoms with Crippen molar-refractivity contribution in [1.29, 1.82) is 0 Å². The second kappa shape index (κ2) is 7.87. The van der Waals surface area contributed by atoms with Gasteiger partial charge in [-0.2, -0.15) is 0 Å². The van der Waals surface area contributed by atoms with Crippen molar-refractivity contribution in [3.63, 3.8) is 0 Å². The molecule has 2 aromatic rings. The van der Waals surface area contributed by atoms with Crippen molar-refractivity contribution in [2.45, 2.75) is 54.9 Å². The number of benzene rings is 2. The molecule has 3 N–H and O–H groups in total. The number of nitrogens with one attached hydrogen (secondary N) is 1. The minimum absolute atomic E-state index is 0.0533. The number of alkyl carbamates (subject to hydrolysis) is 1. The van der Waals surface area contributed by atoms with Gasteiger partial charge in [-0.1, -0.05) is 41.4 Å². The van der Waals surface area contributed by atoms with Gasteiger partial charge in [0.05, 0.1) is 10.4 Å². The van der Waals surface area contributed by atoms with Gasteiger partial charge in [-0.05, 0) is 57.5 Å². The molecule has 0 radical (unpaired) electrons. The number of ether oxygens (including phenoxy) is 1. The molecule has 30 heavy (non-hydrogen) atoms. The Bertz CT molecular complexity index is 1030. The zero-order valence-electron chi connectivity index (χ0n) is 17.5. The van der Waals surface area contributed by atoms with Gasteiger partial charge in [-0.3, -0.25) is 0 Å². The van der Waals surface area contributed by atoms with Crippen molar-refractivity contribution in [2.24, 2.45) is 5.73 Å². The normalized spacial score (nSPS) is 23.7. The molecular weight excluding hydrogens is 424 g/mol. The fraction of sp³-hybridized carbons (Fsp3) is 0.409. The van der Waals surface area contributed by atoms with Crippen molar-refractivity contribution >= 4 is 27.5 Å². The van der Waals surface area contributed by atoms with Gasteiger partial charge in [0.1, 0.15) is 10.9 Å². The molecule has 0 spiro atoms. The topological polar surface area (TPSA) is 98.5 Å². The predicted octanol–water partition coefficient (Wildman–Crippen LogP) is 3.81. The van der Waals surface area contributed by atoms with E-state index in [1.807, 2.05) is 31.2 Å². The van der Waals surface area contributed by atoms with Gasteiger partial charge in [-0.25, -0.2) is 13.2 Å². The zero-order chi connectivity index (χ0) is 22.3. The van der Waals surface area contributed by atoms with E-state index in [1.54, 1.807) is 20.8 Å². The quantitative estimate of drug-likeness (QED) is 0.721. The van der Waals surface area contributed by atoms with Gasteiger partial charge in [0.2, 0.25) is 0 Å². The summed E-state index contributed by atoms with van der Waals surface area (Å²) in [6.45, 7) is 7.13. The van der Waals surface area contributed by atoms with Gasteiger partial charge in [0.25, 0.3) is 0 Å². The smallest absolute Gasteiger partial charge is 0.408 e. The van der Waals surface area contributed by atoms with E-state index in [0.29, 0.717) is 5.02 Å². The van der Waals surface area contributed by atoms with Crippen LogP contribution in [0.25, 0.3) is 0 Å². The van der Waals surface area contributed by atoms with Gasteiger partial charge in [0, 0.05) is 17.5 Å². The van der Waals surface area contributed by atoms with E-state index in [-0.39, 0.29) is 11.4 Å². The summed E-state index contributed by atoms with van der Waals surface area (Å²) in [5.74, 6) is -0.503. The number of aryl methyl sites for hydroxylation is 1. The van der Waals surface area contributed by atoms with Crippen LogP contribution in [0.3, 0.4) is 0 Å². The van der Waals surface area contributed by atoms with Gasteiger partial charge < -0.3 is 15.8 Å². The molecule has 162 valence electrons. The predicted molar refractivity (Wildman–Crippen MR) is 118 cm³/mol. The minimum Gasteiger partial charge on any atom is -0.444 e. The van der Waals surface area contributed by atoms with Crippen LogP contribution in [0, 0.1) is 6.92 Å². The molecule has 1 amide bonds. The molecule has 0 unspecified atom stereocenters. The van der Waals surface area contributed by atoms with Crippen molar-refractivity contribution in [1.82, 2.24) is 5.32 Å². The lowest BCUT2D eigenvalue weighted by Gasteiger charge is -2.24. The minimum atomic E-state index is -3.81. The van der Waals surface area contributed by atoms with E-state index in [9.17, 15) is 13.2 Å². The Morgan fingerprint density at radius 3 is 2.20 bits per heavy atom. The van der Waals surface area contributed by atoms with Crippen molar-refractivity contribution in [2.75, 3.05) is 6.54 Å².